The van der Waals surface area contributed by atoms with Gasteiger partial charge in [0.25, 0.3) is 0 Å². The molecule has 1 rings (SSSR count). The molecule has 0 aliphatic rings. The van der Waals surface area contributed by atoms with E-state index in [1.165, 1.54) is 0 Å². The molecule has 0 saturated carbocycles. The van der Waals surface area contributed by atoms with Crippen LogP contribution in [-0.4, -0.2) is 9.36 Å². The lowest BCUT2D eigenvalue weighted by atomic mass is 10.5. The van der Waals surface area contributed by atoms with Gasteiger partial charge in [0.05, 0.1) is 5.29 Å². The lowest BCUT2D eigenvalue weighted by Crippen LogP contribution is -1.85. The number of aryl methyl sites for hydroxylation is 1. The summed E-state index contributed by atoms with van der Waals surface area (Å²) in [5.41, 5.74) is 2.18. The van der Waals surface area contributed by atoms with Crippen molar-refractivity contribution in [2.45, 2.75) is 13.3 Å². The third-order valence-electron chi connectivity index (χ3n) is 0.926. The van der Waals surface area contributed by atoms with Crippen molar-refractivity contribution in [3.05, 3.63) is 10.7 Å². The average Bonchev–Trinajstić information content (AvgIpc) is 2.37. The second-order valence-electron chi connectivity index (χ2n) is 1.57. The minimum Gasteiger partial charge on any atom is -0.214 e. The number of nitrogens with zero attached hydrogens (tertiary/aromatic N) is 3. The molecule has 10 heavy (non-hydrogen) atoms. The van der Waals surface area contributed by atoms with Crippen LogP contribution in [0.25, 0.3) is 0 Å². The summed E-state index contributed by atoms with van der Waals surface area (Å²) >= 11 is 1.13. The van der Waals surface area contributed by atoms with Gasteiger partial charge in [-0.05, 0) is 0 Å². The average molecular weight is 158 g/mol. The maximum Gasteiger partial charge on any atom is 0.225 e. The Balaban J connectivity index is 2.67. The summed E-state index contributed by atoms with van der Waals surface area (Å²) in [4.78, 5) is 13.6. The van der Waals surface area contributed by atoms with E-state index in [-0.39, 0.29) is 0 Å². The molecule has 0 aromatic carbocycles. The van der Waals surface area contributed by atoms with Crippen molar-refractivity contribution in [1.29, 1.82) is 0 Å². The quantitative estimate of drug-likeness (QED) is 0.530. The summed E-state index contributed by atoms with van der Waals surface area (Å²) in [6.45, 7) is 1.94. The van der Waals surface area contributed by atoms with E-state index in [1.54, 1.807) is 0 Å². The molecular formula is C4H6N4OS. The summed E-state index contributed by atoms with van der Waals surface area (Å²) in [5, 5.41) is 2.91. The Morgan fingerprint density at radius 3 is 3.10 bits per heavy atom. The van der Waals surface area contributed by atoms with Crippen molar-refractivity contribution in [2.24, 2.45) is 5.29 Å². The molecule has 0 saturated heterocycles. The number of anilines is 1. The molecule has 1 heterocycles. The second kappa shape index (κ2) is 3.21. The van der Waals surface area contributed by atoms with Gasteiger partial charge in [-0.25, -0.2) is 10.4 Å². The van der Waals surface area contributed by atoms with Gasteiger partial charge in [0.2, 0.25) is 5.13 Å². The van der Waals surface area contributed by atoms with Crippen LogP contribution in [0, 0.1) is 4.91 Å². The lowest BCUT2D eigenvalue weighted by Gasteiger charge is -1.82. The fraction of sp³-hybridized carbons (Fsp3) is 0.500. The zero-order chi connectivity index (χ0) is 7.40. The monoisotopic (exact) mass is 158 g/mol. The highest BCUT2D eigenvalue weighted by Gasteiger charge is 1.99. The zero-order valence-electron chi connectivity index (χ0n) is 5.37. The van der Waals surface area contributed by atoms with Gasteiger partial charge in [-0.3, -0.25) is 0 Å². The molecule has 1 aromatic rings. The summed E-state index contributed by atoms with van der Waals surface area (Å²) in [5.74, 6) is 0.733. The van der Waals surface area contributed by atoms with E-state index in [4.69, 9.17) is 0 Å². The van der Waals surface area contributed by atoms with Crippen molar-refractivity contribution in [3.63, 3.8) is 0 Å². The fourth-order valence-electron chi connectivity index (χ4n) is 0.482. The third kappa shape index (κ3) is 1.47. The van der Waals surface area contributed by atoms with Gasteiger partial charge >= 0.3 is 0 Å². The molecular weight excluding hydrogens is 152 g/mol. The van der Waals surface area contributed by atoms with Crippen LogP contribution >= 0.6 is 11.5 Å². The Labute approximate surface area is 61.6 Å². The predicted octanol–water partition coefficient (Wildman–Crippen LogP) is 1.19. The molecule has 0 fully saturated rings. The highest BCUT2D eigenvalue weighted by molar-refractivity contribution is 7.09. The normalized spacial score (nSPS) is 9.30. The summed E-state index contributed by atoms with van der Waals surface area (Å²) in [6.07, 6.45) is 0.775. The number of hydrogen-bond donors (Lipinski definition) is 1. The molecule has 1 aromatic heterocycles. The first kappa shape index (κ1) is 7.07. The third-order valence-corrected chi connectivity index (χ3v) is 1.58. The standard InChI is InChI=1S/C4H6N4OS/c1-2-3-5-4(6-8-9)10-7-3/h2H2,1H3,(H,5,6,7,9). The van der Waals surface area contributed by atoms with Gasteiger partial charge in [0.15, 0.2) is 0 Å². The van der Waals surface area contributed by atoms with Crippen LogP contribution in [0.2, 0.25) is 0 Å². The molecule has 0 aliphatic carbocycles. The first-order valence-electron chi connectivity index (χ1n) is 2.77. The van der Waals surface area contributed by atoms with Crippen LogP contribution in [0.3, 0.4) is 0 Å². The molecule has 0 unspecified atom stereocenters. The summed E-state index contributed by atoms with van der Waals surface area (Å²) in [6, 6.07) is 0. The van der Waals surface area contributed by atoms with E-state index < -0.39 is 0 Å². The van der Waals surface area contributed by atoms with Gasteiger partial charge < -0.3 is 0 Å². The van der Waals surface area contributed by atoms with Crippen LogP contribution in [0.1, 0.15) is 12.7 Å². The van der Waals surface area contributed by atoms with E-state index in [0.717, 1.165) is 23.8 Å². The van der Waals surface area contributed by atoms with Crippen molar-refractivity contribution in [2.75, 3.05) is 5.43 Å². The summed E-state index contributed by atoms with van der Waals surface area (Å²) < 4.78 is 3.92. The SMILES string of the molecule is CCc1nsc(NN=O)n1. The Kier molecular flexibility index (Phi) is 2.27. The Bertz CT molecular complexity index is 223. The van der Waals surface area contributed by atoms with Gasteiger partial charge in [-0.2, -0.15) is 4.37 Å². The number of rotatable bonds is 3. The van der Waals surface area contributed by atoms with Crippen LogP contribution < -0.4 is 5.43 Å². The van der Waals surface area contributed by atoms with Crippen LogP contribution in [-0.2, 0) is 6.42 Å². The van der Waals surface area contributed by atoms with E-state index >= 15 is 0 Å². The maximum atomic E-state index is 9.65. The van der Waals surface area contributed by atoms with Crippen LogP contribution in [0.4, 0.5) is 5.13 Å². The minimum atomic E-state index is 0.451. The zero-order valence-corrected chi connectivity index (χ0v) is 6.18. The smallest absolute Gasteiger partial charge is 0.214 e. The van der Waals surface area contributed by atoms with Crippen LogP contribution in [0.15, 0.2) is 5.29 Å². The molecule has 0 amide bonds. The maximum absolute atomic E-state index is 9.65. The van der Waals surface area contributed by atoms with E-state index in [0.29, 0.717) is 5.13 Å². The molecule has 0 radical (unpaired) electrons. The van der Waals surface area contributed by atoms with Crippen LogP contribution in [0.5, 0.6) is 0 Å². The molecule has 0 spiro atoms. The number of aromatic nitrogens is 2. The van der Waals surface area contributed by atoms with Crippen molar-refractivity contribution in [3.8, 4) is 0 Å². The fourth-order valence-corrected chi connectivity index (χ4v) is 1.07. The molecule has 0 aliphatic heterocycles. The first-order chi connectivity index (χ1) is 4.86. The van der Waals surface area contributed by atoms with Crippen molar-refractivity contribution >= 4 is 16.7 Å². The predicted molar refractivity (Wildman–Crippen MR) is 38.7 cm³/mol. The van der Waals surface area contributed by atoms with Gasteiger partial charge in [-0.15, -0.1) is 4.91 Å². The number of nitroso groups, excluding NO2 is 1. The Hall–Kier alpha value is -1.04. The molecule has 0 atom stereocenters. The van der Waals surface area contributed by atoms with Gasteiger partial charge in [-0.1, -0.05) is 6.92 Å². The number of nitrogens with one attached hydrogen (secondary N) is 1. The highest BCUT2D eigenvalue weighted by Crippen LogP contribution is 2.10. The van der Waals surface area contributed by atoms with E-state index in [2.05, 4.69) is 20.1 Å². The minimum absolute atomic E-state index is 0.451. The van der Waals surface area contributed by atoms with Crippen molar-refractivity contribution in [1.82, 2.24) is 9.36 Å². The molecule has 54 valence electrons. The van der Waals surface area contributed by atoms with E-state index in [1.807, 2.05) is 6.92 Å². The van der Waals surface area contributed by atoms with Gasteiger partial charge in [0.1, 0.15) is 5.82 Å². The summed E-state index contributed by atoms with van der Waals surface area (Å²) in [7, 11) is 0. The van der Waals surface area contributed by atoms with E-state index in [9.17, 15) is 4.91 Å². The molecule has 0 bridgehead atoms. The largest absolute Gasteiger partial charge is 0.225 e. The van der Waals surface area contributed by atoms with Gasteiger partial charge in [0, 0.05) is 18.0 Å². The lowest BCUT2D eigenvalue weighted by molar-refractivity contribution is 0.997. The van der Waals surface area contributed by atoms with Crippen molar-refractivity contribution < 1.29 is 0 Å². The first-order valence-corrected chi connectivity index (χ1v) is 3.55. The second-order valence-corrected chi connectivity index (χ2v) is 2.32. The molecule has 1 N–H and O–H groups in total. The highest BCUT2D eigenvalue weighted by atomic mass is 32.1. The number of hydrogen-bond acceptors (Lipinski definition) is 5. The Morgan fingerprint density at radius 2 is 2.60 bits per heavy atom. The topological polar surface area (TPSA) is 67.2 Å². The Morgan fingerprint density at radius 1 is 1.80 bits per heavy atom. The molecule has 5 nitrogen and oxygen atoms in total. The molecule has 6 heteroatoms.